The van der Waals surface area contributed by atoms with Gasteiger partial charge in [-0.3, -0.25) is 9.59 Å². The van der Waals surface area contributed by atoms with Gasteiger partial charge in [0.25, 0.3) is 5.91 Å². The summed E-state index contributed by atoms with van der Waals surface area (Å²) in [4.78, 5) is 40.1. The fourth-order valence-corrected chi connectivity index (χ4v) is 6.97. The predicted molar refractivity (Wildman–Crippen MR) is 166 cm³/mol. The summed E-state index contributed by atoms with van der Waals surface area (Å²) in [6.45, 7) is 4.42. The van der Waals surface area contributed by atoms with E-state index < -0.39 is 11.2 Å². The van der Waals surface area contributed by atoms with Gasteiger partial charge in [0.2, 0.25) is 5.91 Å². The second-order valence-electron chi connectivity index (χ2n) is 9.92. The number of hydrogen-bond donors (Lipinski definition) is 2. The molecule has 0 aliphatic heterocycles. The molecule has 2 heterocycles. The first-order valence-electron chi connectivity index (χ1n) is 14.0. The van der Waals surface area contributed by atoms with Crippen LogP contribution in [0.25, 0.3) is 0 Å². The van der Waals surface area contributed by atoms with Crippen molar-refractivity contribution in [3.63, 3.8) is 0 Å². The van der Waals surface area contributed by atoms with E-state index in [9.17, 15) is 14.4 Å². The number of amides is 2. The summed E-state index contributed by atoms with van der Waals surface area (Å²) in [7, 11) is 1.55. The first-order chi connectivity index (χ1) is 20.9. The zero-order valence-electron chi connectivity index (χ0n) is 24.2. The number of ether oxygens (including phenoxy) is 2. The molecule has 1 aliphatic rings. The molecule has 1 aliphatic carbocycles. The number of nitrogens with zero attached hydrogens (tertiary/aromatic N) is 3. The average Bonchev–Trinajstić information content (AvgIpc) is 3.71. The van der Waals surface area contributed by atoms with E-state index in [0.717, 1.165) is 35.3 Å². The maximum Gasteiger partial charge on any atom is 0.341 e. The van der Waals surface area contributed by atoms with Gasteiger partial charge in [-0.15, -0.1) is 21.5 Å². The van der Waals surface area contributed by atoms with Crippen molar-refractivity contribution in [2.75, 3.05) is 19.0 Å². The Morgan fingerprint density at radius 3 is 2.67 bits per heavy atom. The highest BCUT2D eigenvalue weighted by atomic mass is 32.2. The Morgan fingerprint density at radius 2 is 1.91 bits per heavy atom. The van der Waals surface area contributed by atoms with Crippen LogP contribution in [-0.2, 0) is 35.5 Å². The number of rotatable bonds is 12. The Balaban J connectivity index is 1.33. The number of carbonyl (C=O) groups excluding carboxylic acids is 3. The Labute approximate surface area is 258 Å². The van der Waals surface area contributed by atoms with Crippen molar-refractivity contribution < 1.29 is 23.9 Å². The van der Waals surface area contributed by atoms with Gasteiger partial charge in [-0.2, -0.15) is 0 Å². The standard InChI is InChI=1S/C31H33N5O5S2/c1-4-41-30(39)26-23-14-9-15-24(23)43-29(26)33-27(37)19(2)42-31-35-34-25(36(31)18-20-10-6-5-7-11-20)17-32-28(38)21-12-8-13-22(16-21)40-3/h5-8,10-13,16,19H,4,9,14-15,17-18H2,1-3H3,(H,32,38)(H,33,37). The molecule has 12 heteroatoms. The van der Waals surface area contributed by atoms with Crippen LogP contribution in [0.15, 0.2) is 59.8 Å². The first-order valence-corrected chi connectivity index (χ1v) is 15.7. The molecular weight excluding hydrogens is 587 g/mol. The minimum Gasteiger partial charge on any atom is -0.497 e. The van der Waals surface area contributed by atoms with Crippen LogP contribution >= 0.6 is 23.1 Å². The SMILES string of the molecule is CCOC(=O)c1c(NC(=O)C(C)Sc2nnc(CNC(=O)c3cccc(OC)c3)n2Cc2ccccc2)sc2c1CCC2. The fourth-order valence-electron chi connectivity index (χ4n) is 4.82. The molecule has 0 saturated heterocycles. The van der Waals surface area contributed by atoms with Crippen molar-refractivity contribution in [2.45, 2.75) is 56.6 Å². The van der Waals surface area contributed by atoms with Gasteiger partial charge in [-0.1, -0.05) is 48.2 Å². The Bertz CT molecular complexity index is 1620. The van der Waals surface area contributed by atoms with Gasteiger partial charge in [-0.25, -0.2) is 4.79 Å². The molecule has 4 aromatic rings. The van der Waals surface area contributed by atoms with Crippen LogP contribution < -0.4 is 15.4 Å². The van der Waals surface area contributed by atoms with Crippen molar-refractivity contribution in [3.8, 4) is 5.75 Å². The number of thiophene rings is 1. The maximum atomic E-state index is 13.4. The molecule has 2 aromatic heterocycles. The van der Waals surface area contributed by atoms with E-state index in [1.807, 2.05) is 34.9 Å². The smallest absolute Gasteiger partial charge is 0.341 e. The molecule has 0 bridgehead atoms. The molecule has 224 valence electrons. The Hall–Kier alpha value is -4.16. The predicted octanol–water partition coefficient (Wildman–Crippen LogP) is 5.11. The Morgan fingerprint density at radius 1 is 1.09 bits per heavy atom. The highest BCUT2D eigenvalue weighted by molar-refractivity contribution is 8.00. The van der Waals surface area contributed by atoms with E-state index in [-0.39, 0.29) is 25.0 Å². The minimum atomic E-state index is -0.551. The molecule has 2 amide bonds. The number of thioether (sulfide) groups is 1. The number of esters is 1. The number of nitrogens with one attached hydrogen (secondary N) is 2. The summed E-state index contributed by atoms with van der Waals surface area (Å²) >= 11 is 2.72. The van der Waals surface area contributed by atoms with Gasteiger partial charge in [0.05, 0.1) is 37.6 Å². The molecular formula is C31H33N5O5S2. The maximum absolute atomic E-state index is 13.4. The van der Waals surface area contributed by atoms with Crippen molar-refractivity contribution in [3.05, 3.63) is 87.6 Å². The van der Waals surface area contributed by atoms with Gasteiger partial charge in [0.15, 0.2) is 11.0 Å². The summed E-state index contributed by atoms with van der Waals surface area (Å²) < 4.78 is 12.4. The van der Waals surface area contributed by atoms with Gasteiger partial charge in [-0.05, 0) is 62.4 Å². The number of benzene rings is 2. The third-order valence-electron chi connectivity index (χ3n) is 7.00. The van der Waals surface area contributed by atoms with Crippen LogP contribution in [0.5, 0.6) is 5.75 Å². The summed E-state index contributed by atoms with van der Waals surface area (Å²) in [6, 6.07) is 16.7. The number of anilines is 1. The second-order valence-corrected chi connectivity index (χ2v) is 12.3. The molecule has 2 N–H and O–H groups in total. The van der Waals surface area contributed by atoms with Crippen LogP contribution in [0.2, 0.25) is 0 Å². The van der Waals surface area contributed by atoms with Crippen LogP contribution in [0, 0.1) is 0 Å². The third kappa shape index (κ3) is 7.08. The lowest BCUT2D eigenvalue weighted by atomic mass is 10.1. The van der Waals surface area contributed by atoms with Gasteiger partial charge in [0, 0.05) is 10.4 Å². The van der Waals surface area contributed by atoms with Gasteiger partial charge < -0.3 is 24.7 Å². The van der Waals surface area contributed by atoms with Crippen LogP contribution in [0.1, 0.15) is 62.8 Å². The average molecular weight is 620 g/mol. The van der Waals surface area contributed by atoms with Gasteiger partial charge >= 0.3 is 5.97 Å². The normalized spacial score (nSPS) is 12.8. The lowest BCUT2D eigenvalue weighted by Gasteiger charge is -2.15. The molecule has 1 atom stereocenters. The fraction of sp³-hybridized carbons (Fsp3) is 0.323. The Kier molecular flexibility index (Phi) is 9.78. The van der Waals surface area contributed by atoms with E-state index in [1.165, 1.54) is 23.1 Å². The molecule has 5 rings (SSSR count). The monoisotopic (exact) mass is 619 g/mol. The van der Waals surface area contributed by atoms with Crippen molar-refractivity contribution in [1.29, 1.82) is 0 Å². The van der Waals surface area contributed by atoms with E-state index in [0.29, 0.717) is 39.4 Å². The molecule has 2 aromatic carbocycles. The summed E-state index contributed by atoms with van der Waals surface area (Å²) in [5.74, 6) is 0.218. The second kappa shape index (κ2) is 13.9. The summed E-state index contributed by atoms with van der Waals surface area (Å²) in [6.07, 6.45) is 2.69. The zero-order valence-corrected chi connectivity index (χ0v) is 25.8. The molecule has 0 saturated carbocycles. The largest absolute Gasteiger partial charge is 0.497 e. The van der Waals surface area contributed by atoms with Crippen LogP contribution in [0.3, 0.4) is 0 Å². The summed E-state index contributed by atoms with van der Waals surface area (Å²) in [5, 5.41) is 15.2. The summed E-state index contributed by atoms with van der Waals surface area (Å²) in [5.41, 5.74) is 2.96. The molecule has 10 nitrogen and oxygen atoms in total. The highest BCUT2D eigenvalue weighted by Crippen LogP contribution is 2.40. The quantitative estimate of drug-likeness (QED) is 0.166. The number of aryl methyl sites for hydroxylation is 1. The molecule has 0 fully saturated rings. The van der Waals surface area contributed by atoms with E-state index in [2.05, 4.69) is 20.8 Å². The number of carbonyl (C=O) groups is 3. The zero-order chi connectivity index (χ0) is 30.3. The number of aromatic nitrogens is 3. The van der Waals surface area contributed by atoms with Crippen molar-refractivity contribution >= 4 is 45.9 Å². The van der Waals surface area contributed by atoms with Crippen LogP contribution in [0.4, 0.5) is 5.00 Å². The number of fused-ring (bicyclic) bond motifs is 1. The topological polar surface area (TPSA) is 124 Å². The number of hydrogen-bond acceptors (Lipinski definition) is 9. The molecule has 0 spiro atoms. The van der Waals surface area contributed by atoms with E-state index >= 15 is 0 Å². The van der Waals surface area contributed by atoms with Gasteiger partial charge in [0.1, 0.15) is 10.8 Å². The lowest BCUT2D eigenvalue weighted by Crippen LogP contribution is -2.25. The lowest BCUT2D eigenvalue weighted by molar-refractivity contribution is -0.115. The molecule has 0 radical (unpaired) electrons. The first kappa shape index (κ1) is 30.3. The van der Waals surface area contributed by atoms with Crippen molar-refractivity contribution in [1.82, 2.24) is 20.1 Å². The molecule has 43 heavy (non-hydrogen) atoms. The molecule has 1 unspecified atom stereocenters. The highest BCUT2D eigenvalue weighted by Gasteiger charge is 2.30. The van der Waals surface area contributed by atoms with E-state index in [4.69, 9.17) is 9.47 Å². The van der Waals surface area contributed by atoms with E-state index in [1.54, 1.807) is 45.2 Å². The minimum absolute atomic E-state index is 0.140. The van der Waals surface area contributed by atoms with Crippen molar-refractivity contribution in [2.24, 2.45) is 0 Å². The number of methoxy groups -OCH3 is 1. The van der Waals surface area contributed by atoms with Crippen LogP contribution in [-0.4, -0.2) is 51.5 Å². The third-order valence-corrected chi connectivity index (χ3v) is 9.29.